The van der Waals surface area contributed by atoms with Gasteiger partial charge in [-0.3, -0.25) is 4.79 Å². The number of carbonyl (C=O) groups is 1. The SMILES string of the molecule is C#CC(CC)NC(=O)c1cccc(CCl)c1. The van der Waals surface area contributed by atoms with Crippen LogP contribution in [0.2, 0.25) is 0 Å². The summed E-state index contributed by atoms with van der Waals surface area (Å²) < 4.78 is 0. The summed E-state index contributed by atoms with van der Waals surface area (Å²) in [5.41, 5.74) is 1.51. The van der Waals surface area contributed by atoms with Gasteiger partial charge < -0.3 is 5.32 Å². The molecule has 1 aromatic rings. The predicted octanol–water partition coefficient (Wildman–Crippen LogP) is 2.57. The summed E-state index contributed by atoms with van der Waals surface area (Å²) in [5, 5.41) is 2.77. The van der Waals surface area contributed by atoms with Crippen LogP contribution in [0.25, 0.3) is 0 Å². The molecule has 0 radical (unpaired) electrons. The van der Waals surface area contributed by atoms with Gasteiger partial charge in [0.05, 0.1) is 6.04 Å². The predicted molar refractivity (Wildman–Crippen MR) is 66.4 cm³/mol. The lowest BCUT2D eigenvalue weighted by Gasteiger charge is -2.10. The van der Waals surface area contributed by atoms with E-state index in [4.69, 9.17) is 18.0 Å². The third-order valence-electron chi connectivity index (χ3n) is 2.26. The van der Waals surface area contributed by atoms with Crippen LogP contribution in [0, 0.1) is 12.3 Å². The van der Waals surface area contributed by atoms with Crippen molar-refractivity contribution in [2.45, 2.75) is 25.3 Å². The number of terminal acetylenes is 1. The van der Waals surface area contributed by atoms with Crippen LogP contribution in [0.1, 0.15) is 29.3 Å². The van der Waals surface area contributed by atoms with Crippen LogP contribution in [-0.2, 0) is 5.88 Å². The fraction of sp³-hybridized carbons (Fsp3) is 0.308. The molecule has 0 heterocycles. The topological polar surface area (TPSA) is 29.1 Å². The van der Waals surface area contributed by atoms with Gasteiger partial charge in [0, 0.05) is 11.4 Å². The Morgan fingerprint density at radius 3 is 2.94 bits per heavy atom. The summed E-state index contributed by atoms with van der Waals surface area (Å²) in [5.74, 6) is 2.76. The van der Waals surface area contributed by atoms with Gasteiger partial charge in [-0.25, -0.2) is 0 Å². The summed E-state index contributed by atoms with van der Waals surface area (Å²) in [6.45, 7) is 1.93. The first-order valence-electron chi connectivity index (χ1n) is 5.13. The standard InChI is InChI=1S/C13H14ClNO/c1-3-12(4-2)15-13(16)11-7-5-6-10(8-11)9-14/h1,5-8,12H,4,9H2,2H3,(H,15,16). The average Bonchev–Trinajstić information content (AvgIpc) is 2.35. The summed E-state index contributed by atoms with van der Waals surface area (Å²) in [7, 11) is 0. The van der Waals surface area contributed by atoms with Crippen LogP contribution in [0.5, 0.6) is 0 Å². The van der Waals surface area contributed by atoms with Gasteiger partial charge in [-0.05, 0) is 24.1 Å². The zero-order valence-corrected chi connectivity index (χ0v) is 9.92. The smallest absolute Gasteiger partial charge is 0.252 e. The van der Waals surface area contributed by atoms with Crippen molar-refractivity contribution in [3.63, 3.8) is 0 Å². The first kappa shape index (κ1) is 12.6. The fourth-order valence-corrected chi connectivity index (χ4v) is 1.47. The lowest BCUT2D eigenvalue weighted by molar-refractivity contribution is 0.0945. The van der Waals surface area contributed by atoms with Crippen LogP contribution in [0.4, 0.5) is 0 Å². The molecule has 1 atom stereocenters. The Labute approximate surface area is 101 Å². The Bertz CT molecular complexity index is 409. The largest absolute Gasteiger partial charge is 0.338 e. The Morgan fingerprint density at radius 1 is 1.62 bits per heavy atom. The Kier molecular flexibility index (Phi) is 4.88. The molecule has 1 rings (SSSR count). The van der Waals surface area contributed by atoms with Gasteiger partial charge in [-0.1, -0.05) is 25.0 Å². The van der Waals surface area contributed by atoms with Gasteiger partial charge in [0.15, 0.2) is 0 Å². The minimum absolute atomic E-state index is 0.156. The molecule has 0 aliphatic carbocycles. The number of hydrogen-bond donors (Lipinski definition) is 1. The van der Waals surface area contributed by atoms with Crippen molar-refractivity contribution in [1.29, 1.82) is 0 Å². The zero-order chi connectivity index (χ0) is 12.0. The second kappa shape index (κ2) is 6.19. The highest BCUT2D eigenvalue weighted by molar-refractivity contribution is 6.17. The van der Waals surface area contributed by atoms with E-state index in [-0.39, 0.29) is 11.9 Å². The van der Waals surface area contributed by atoms with Crippen molar-refractivity contribution in [3.05, 3.63) is 35.4 Å². The summed E-state index contributed by atoms with van der Waals surface area (Å²) in [4.78, 5) is 11.8. The van der Waals surface area contributed by atoms with E-state index in [1.165, 1.54) is 0 Å². The third-order valence-corrected chi connectivity index (χ3v) is 2.57. The van der Waals surface area contributed by atoms with Gasteiger partial charge >= 0.3 is 0 Å². The molecule has 0 aliphatic rings. The van der Waals surface area contributed by atoms with E-state index in [9.17, 15) is 4.79 Å². The van der Waals surface area contributed by atoms with Crippen molar-refractivity contribution < 1.29 is 4.79 Å². The first-order valence-corrected chi connectivity index (χ1v) is 5.66. The van der Waals surface area contributed by atoms with Crippen LogP contribution in [0.3, 0.4) is 0 Å². The average molecular weight is 236 g/mol. The van der Waals surface area contributed by atoms with E-state index in [2.05, 4.69) is 11.2 Å². The molecule has 84 valence electrons. The third kappa shape index (κ3) is 3.29. The molecule has 0 aliphatic heterocycles. The monoisotopic (exact) mass is 235 g/mol. The minimum atomic E-state index is -0.216. The number of hydrogen-bond acceptors (Lipinski definition) is 1. The van der Waals surface area contributed by atoms with Gasteiger partial charge in [0.25, 0.3) is 5.91 Å². The second-order valence-corrected chi connectivity index (χ2v) is 3.70. The number of amides is 1. The molecule has 0 spiro atoms. The number of carbonyl (C=O) groups excluding carboxylic acids is 1. The van der Waals surface area contributed by atoms with Gasteiger partial charge in [-0.2, -0.15) is 0 Å². The molecular formula is C13H14ClNO. The molecule has 0 fully saturated rings. The van der Waals surface area contributed by atoms with Crippen molar-refractivity contribution >= 4 is 17.5 Å². The van der Waals surface area contributed by atoms with E-state index in [0.29, 0.717) is 11.4 Å². The Morgan fingerprint density at radius 2 is 2.38 bits per heavy atom. The van der Waals surface area contributed by atoms with E-state index in [1.807, 2.05) is 19.1 Å². The fourth-order valence-electron chi connectivity index (χ4n) is 1.30. The molecule has 0 saturated carbocycles. The summed E-state index contributed by atoms with van der Waals surface area (Å²) in [6, 6.07) is 6.98. The lowest BCUT2D eigenvalue weighted by atomic mass is 10.1. The maximum absolute atomic E-state index is 11.8. The van der Waals surface area contributed by atoms with Crippen molar-refractivity contribution in [2.75, 3.05) is 0 Å². The lowest BCUT2D eigenvalue weighted by Crippen LogP contribution is -2.33. The molecule has 16 heavy (non-hydrogen) atoms. The van der Waals surface area contributed by atoms with E-state index in [0.717, 1.165) is 12.0 Å². The molecule has 0 bridgehead atoms. The highest BCUT2D eigenvalue weighted by Gasteiger charge is 2.09. The van der Waals surface area contributed by atoms with Crippen LogP contribution < -0.4 is 5.32 Å². The normalized spacial score (nSPS) is 11.6. The second-order valence-electron chi connectivity index (χ2n) is 3.43. The molecule has 1 unspecified atom stereocenters. The van der Waals surface area contributed by atoms with Crippen LogP contribution >= 0.6 is 11.6 Å². The van der Waals surface area contributed by atoms with Crippen molar-refractivity contribution in [2.24, 2.45) is 0 Å². The summed E-state index contributed by atoms with van der Waals surface area (Å²) >= 11 is 5.70. The van der Waals surface area contributed by atoms with Crippen molar-refractivity contribution in [3.8, 4) is 12.3 Å². The highest BCUT2D eigenvalue weighted by atomic mass is 35.5. The van der Waals surface area contributed by atoms with Gasteiger partial charge in [0.1, 0.15) is 0 Å². The Balaban J connectivity index is 2.77. The zero-order valence-electron chi connectivity index (χ0n) is 9.16. The molecule has 3 heteroatoms. The number of benzene rings is 1. The molecule has 0 aromatic heterocycles. The maximum atomic E-state index is 11.8. The van der Waals surface area contributed by atoms with Crippen LogP contribution in [0.15, 0.2) is 24.3 Å². The van der Waals surface area contributed by atoms with E-state index in [1.54, 1.807) is 12.1 Å². The highest BCUT2D eigenvalue weighted by Crippen LogP contribution is 2.08. The first-order chi connectivity index (χ1) is 7.71. The van der Waals surface area contributed by atoms with Gasteiger partial charge in [-0.15, -0.1) is 18.0 Å². The minimum Gasteiger partial charge on any atom is -0.338 e. The van der Waals surface area contributed by atoms with E-state index >= 15 is 0 Å². The summed E-state index contributed by atoms with van der Waals surface area (Å²) in [6.07, 6.45) is 6.00. The number of halogens is 1. The number of rotatable bonds is 4. The quantitative estimate of drug-likeness (QED) is 0.631. The van der Waals surface area contributed by atoms with Gasteiger partial charge in [0.2, 0.25) is 0 Å². The molecule has 1 aromatic carbocycles. The molecule has 0 saturated heterocycles. The Hall–Kier alpha value is -1.46. The van der Waals surface area contributed by atoms with E-state index < -0.39 is 0 Å². The molecule has 1 N–H and O–H groups in total. The molecular weight excluding hydrogens is 222 g/mol. The number of nitrogens with one attached hydrogen (secondary N) is 1. The molecule has 2 nitrogen and oxygen atoms in total. The molecule has 1 amide bonds. The van der Waals surface area contributed by atoms with Crippen molar-refractivity contribution in [1.82, 2.24) is 5.32 Å². The van der Waals surface area contributed by atoms with Crippen LogP contribution in [-0.4, -0.2) is 11.9 Å². The number of alkyl halides is 1. The maximum Gasteiger partial charge on any atom is 0.252 e.